The summed E-state index contributed by atoms with van der Waals surface area (Å²) < 4.78 is 0. The van der Waals surface area contributed by atoms with Crippen LogP contribution in [0.3, 0.4) is 0 Å². The van der Waals surface area contributed by atoms with Gasteiger partial charge in [0.25, 0.3) is 0 Å². The summed E-state index contributed by atoms with van der Waals surface area (Å²) in [6.07, 6.45) is 1.39. The van der Waals surface area contributed by atoms with Crippen LogP contribution in [0.4, 0.5) is 0 Å². The lowest BCUT2D eigenvalue weighted by atomic mass is 10.1. The Balaban J connectivity index is 2.13. The summed E-state index contributed by atoms with van der Waals surface area (Å²) in [5.74, 6) is -4.10. The van der Waals surface area contributed by atoms with E-state index in [0.717, 1.165) is 0 Å². The lowest BCUT2D eigenvalue weighted by molar-refractivity contribution is -0.152. The maximum absolute atomic E-state index is 13.3. The first-order chi connectivity index (χ1) is 15.5. The molecule has 33 heavy (non-hydrogen) atoms. The second-order valence-corrected chi connectivity index (χ2v) is 8.40. The van der Waals surface area contributed by atoms with Gasteiger partial charge >= 0.3 is 5.97 Å². The zero-order chi connectivity index (χ0) is 24.7. The number of likely N-dealkylation sites (tertiary alicyclic amines) is 2. The number of carboxylic acid groups (broad SMARTS) is 1. The first-order valence-corrected chi connectivity index (χ1v) is 11.0. The van der Waals surface area contributed by atoms with Crippen LogP contribution in [-0.2, 0) is 28.8 Å². The van der Waals surface area contributed by atoms with Crippen molar-refractivity contribution in [3.05, 3.63) is 0 Å². The number of amides is 5. The van der Waals surface area contributed by atoms with Crippen LogP contribution in [0.15, 0.2) is 0 Å². The topological polar surface area (TPSA) is 219 Å². The van der Waals surface area contributed by atoms with Crippen LogP contribution in [0.1, 0.15) is 51.4 Å². The maximum Gasteiger partial charge on any atom is 0.326 e. The molecule has 0 aromatic heterocycles. The third-order valence-corrected chi connectivity index (χ3v) is 5.97. The van der Waals surface area contributed by atoms with Crippen LogP contribution in [-0.4, -0.2) is 87.7 Å². The summed E-state index contributed by atoms with van der Waals surface area (Å²) in [7, 11) is 0. The van der Waals surface area contributed by atoms with Crippen LogP contribution >= 0.6 is 0 Å². The first kappa shape index (κ1) is 26.0. The molecule has 0 bridgehead atoms. The van der Waals surface area contributed by atoms with Crippen molar-refractivity contribution in [3.63, 3.8) is 0 Å². The smallest absolute Gasteiger partial charge is 0.326 e. The number of carbonyl (C=O) groups excluding carboxylic acids is 5. The molecule has 2 aliphatic heterocycles. The highest BCUT2D eigenvalue weighted by atomic mass is 16.4. The highest BCUT2D eigenvalue weighted by Gasteiger charge is 2.43. The van der Waals surface area contributed by atoms with Gasteiger partial charge in [-0.15, -0.1) is 0 Å². The van der Waals surface area contributed by atoms with Crippen molar-refractivity contribution in [2.24, 2.45) is 17.2 Å². The Bertz CT molecular complexity index is 804. The Kier molecular flexibility index (Phi) is 9.14. The van der Waals surface area contributed by atoms with Crippen LogP contribution in [0, 0.1) is 0 Å². The minimum atomic E-state index is -1.16. The predicted octanol–water partition coefficient (Wildman–Crippen LogP) is -2.60. The van der Waals surface area contributed by atoms with Gasteiger partial charge in [-0.2, -0.15) is 0 Å². The van der Waals surface area contributed by atoms with Crippen molar-refractivity contribution in [3.8, 4) is 0 Å². The minimum Gasteiger partial charge on any atom is -0.480 e. The molecule has 0 radical (unpaired) electrons. The van der Waals surface area contributed by atoms with Crippen LogP contribution in [0.5, 0.6) is 0 Å². The normalized spacial score (nSPS) is 22.0. The number of hydrogen-bond donors (Lipinski definition) is 5. The van der Waals surface area contributed by atoms with Crippen molar-refractivity contribution in [1.82, 2.24) is 15.1 Å². The van der Waals surface area contributed by atoms with Gasteiger partial charge in [-0.05, 0) is 38.5 Å². The van der Waals surface area contributed by atoms with E-state index >= 15 is 0 Å². The van der Waals surface area contributed by atoms with E-state index in [0.29, 0.717) is 32.2 Å². The third-order valence-electron chi connectivity index (χ3n) is 5.97. The molecule has 13 heteroatoms. The molecule has 4 atom stereocenters. The lowest BCUT2D eigenvalue weighted by Gasteiger charge is -2.32. The molecule has 8 N–H and O–H groups in total. The Labute approximate surface area is 191 Å². The molecule has 13 nitrogen and oxygen atoms in total. The van der Waals surface area contributed by atoms with Crippen molar-refractivity contribution >= 4 is 35.5 Å². The highest BCUT2D eigenvalue weighted by Crippen LogP contribution is 2.26. The van der Waals surface area contributed by atoms with Gasteiger partial charge in [-0.25, -0.2) is 4.79 Å². The van der Waals surface area contributed by atoms with Crippen LogP contribution < -0.4 is 22.5 Å². The van der Waals surface area contributed by atoms with Crippen LogP contribution in [0.25, 0.3) is 0 Å². The second kappa shape index (κ2) is 11.6. The highest BCUT2D eigenvalue weighted by molar-refractivity contribution is 5.95. The molecule has 0 saturated carbocycles. The molecular formula is C20H32N6O7. The maximum atomic E-state index is 13.3. The van der Waals surface area contributed by atoms with Gasteiger partial charge in [0.05, 0.1) is 6.04 Å². The molecule has 0 spiro atoms. The number of rotatable bonds is 11. The molecular weight excluding hydrogens is 436 g/mol. The fourth-order valence-electron chi connectivity index (χ4n) is 4.22. The predicted molar refractivity (Wildman–Crippen MR) is 114 cm³/mol. The number of aliphatic carboxylic acids is 1. The van der Waals surface area contributed by atoms with Gasteiger partial charge in [-0.1, -0.05) is 0 Å². The molecule has 0 aromatic rings. The quantitative estimate of drug-likeness (QED) is 0.216. The number of carboxylic acids is 1. The molecule has 2 aliphatic rings. The lowest BCUT2D eigenvalue weighted by Crippen LogP contribution is -2.57. The molecule has 0 aromatic carbocycles. The molecule has 2 saturated heterocycles. The van der Waals surface area contributed by atoms with Gasteiger partial charge in [-0.3, -0.25) is 24.0 Å². The summed E-state index contributed by atoms with van der Waals surface area (Å²) in [5, 5.41) is 11.9. The molecule has 2 fully saturated rings. The van der Waals surface area contributed by atoms with Crippen LogP contribution in [0.2, 0.25) is 0 Å². The van der Waals surface area contributed by atoms with E-state index < -0.39 is 59.7 Å². The number of nitrogens with one attached hydrogen (secondary N) is 1. The fraction of sp³-hybridized carbons (Fsp3) is 0.700. The summed E-state index contributed by atoms with van der Waals surface area (Å²) in [6.45, 7) is 0.544. The number of primary amides is 2. The molecule has 0 unspecified atom stereocenters. The monoisotopic (exact) mass is 468 g/mol. The van der Waals surface area contributed by atoms with E-state index in [4.69, 9.17) is 17.2 Å². The van der Waals surface area contributed by atoms with E-state index in [-0.39, 0.29) is 32.2 Å². The third kappa shape index (κ3) is 6.88. The van der Waals surface area contributed by atoms with Crippen molar-refractivity contribution in [2.75, 3.05) is 13.1 Å². The SMILES string of the molecule is NC(=O)CC[C@H](NC(=O)[C@@H](N)CCC(N)=O)C(=O)N1CCC[C@H]1C(=O)N1CCC[C@H]1C(=O)O. The average Bonchev–Trinajstić information content (AvgIpc) is 3.43. The van der Waals surface area contributed by atoms with E-state index in [2.05, 4.69) is 5.32 Å². The van der Waals surface area contributed by atoms with Gasteiger partial charge in [0, 0.05) is 25.9 Å². The van der Waals surface area contributed by atoms with Crippen molar-refractivity contribution in [2.45, 2.75) is 75.5 Å². The zero-order valence-electron chi connectivity index (χ0n) is 18.4. The van der Waals surface area contributed by atoms with Crippen molar-refractivity contribution < 1.29 is 33.9 Å². The Morgan fingerprint density at radius 1 is 0.879 bits per heavy atom. The standard InChI is InChI=1S/C20H32N6O7/c21-11(5-7-15(22)27)17(29)24-12(6-8-16(23)28)18(30)25-9-1-3-13(25)19(31)26-10-2-4-14(26)20(32)33/h11-14H,1-10,21H2,(H2,22,27)(H2,23,28)(H,24,29)(H,32,33)/t11-,12-,13-,14-/m0/s1. The largest absolute Gasteiger partial charge is 0.480 e. The molecule has 2 heterocycles. The molecule has 2 rings (SSSR count). The Morgan fingerprint density at radius 2 is 1.42 bits per heavy atom. The van der Waals surface area contributed by atoms with E-state index in [1.54, 1.807) is 0 Å². The molecule has 5 amide bonds. The Hall–Kier alpha value is -3.22. The number of nitrogens with zero attached hydrogens (tertiary/aromatic N) is 2. The minimum absolute atomic E-state index is 0.0196. The first-order valence-electron chi connectivity index (χ1n) is 11.0. The molecule has 184 valence electrons. The number of hydrogen-bond acceptors (Lipinski definition) is 7. The number of nitrogens with two attached hydrogens (primary N) is 3. The summed E-state index contributed by atoms with van der Waals surface area (Å²) in [6, 6.07) is -4.04. The summed E-state index contributed by atoms with van der Waals surface area (Å²) >= 11 is 0. The Morgan fingerprint density at radius 3 is 2.00 bits per heavy atom. The van der Waals surface area contributed by atoms with Gasteiger partial charge in [0.1, 0.15) is 18.1 Å². The second-order valence-electron chi connectivity index (χ2n) is 8.40. The number of carbonyl (C=O) groups is 6. The van der Waals surface area contributed by atoms with Gasteiger partial charge in [0.2, 0.25) is 29.5 Å². The average molecular weight is 469 g/mol. The van der Waals surface area contributed by atoms with Gasteiger partial charge < -0.3 is 37.4 Å². The summed E-state index contributed by atoms with van der Waals surface area (Å²) in [5.41, 5.74) is 16.0. The van der Waals surface area contributed by atoms with Crippen molar-refractivity contribution in [1.29, 1.82) is 0 Å². The van der Waals surface area contributed by atoms with Gasteiger partial charge in [0.15, 0.2) is 0 Å². The van der Waals surface area contributed by atoms with E-state index in [1.807, 2.05) is 0 Å². The zero-order valence-corrected chi connectivity index (χ0v) is 18.4. The van der Waals surface area contributed by atoms with E-state index in [1.165, 1.54) is 9.80 Å². The molecule has 0 aliphatic carbocycles. The summed E-state index contributed by atoms with van der Waals surface area (Å²) in [4.78, 5) is 75.1. The fourth-order valence-corrected chi connectivity index (χ4v) is 4.22. The van der Waals surface area contributed by atoms with E-state index in [9.17, 15) is 33.9 Å².